The Labute approximate surface area is 158 Å². The molecule has 146 valence electrons. The molecule has 0 aliphatic carbocycles. The maximum absolute atomic E-state index is 12.7. The molecule has 1 heterocycles. The lowest BCUT2D eigenvalue weighted by Crippen LogP contribution is -2.12. The number of aryl methyl sites for hydroxylation is 2. The number of aromatic amines is 1. The maximum Gasteiger partial charge on any atom is 0.416 e. The van der Waals surface area contributed by atoms with Crippen LogP contribution in [0.1, 0.15) is 16.7 Å². The summed E-state index contributed by atoms with van der Waals surface area (Å²) in [7, 11) is 0. The van der Waals surface area contributed by atoms with Crippen molar-refractivity contribution in [1.29, 1.82) is 0 Å². The molecule has 0 spiro atoms. The molecule has 0 atom stereocenters. The molecular formula is C19H17F3N4O2. The molecule has 0 radical (unpaired) electrons. The number of hydrogen-bond donors (Lipinski definition) is 3. The number of aromatic hydroxyl groups is 1. The summed E-state index contributed by atoms with van der Waals surface area (Å²) >= 11 is 0. The van der Waals surface area contributed by atoms with Crippen molar-refractivity contribution in [2.75, 3.05) is 11.9 Å². The van der Waals surface area contributed by atoms with Gasteiger partial charge in [0.2, 0.25) is 5.88 Å². The number of carbonyl (C=O) groups excluding carboxylic acids is 1. The van der Waals surface area contributed by atoms with Crippen LogP contribution in [0.5, 0.6) is 5.88 Å². The van der Waals surface area contributed by atoms with Gasteiger partial charge in [-0.15, -0.1) is 10.2 Å². The van der Waals surface area contributed by atoms with Crippen LogP contribution in [0.15, 0.2) is 46.6 Å². The topological polar surface area (TPSA) is 89.8 Å². The van der Waals surface area contributed by atoms with E-state index < -0.39 is 17.6 Å². The van der Waals surface area contributed by atoms with E-state index in [1.807, 2.05) is 19.9 Å². The Morgan fingerprint density at radius 3 is 2.68 bits per heavy atom. The first-order valence-corrected chi connectivity index (χ1v) is 8.33. The van der Waals surface area contributed by atoms with Crippen molar-refractivity contribution in [2.24, 2.45) is 10.2 Å². The smallest absolute Gasteiger partial charge is 0.416 e. The number of nitrogens with one attached hydrogen (secondary N) is 2. The predicted molar refractivity (Wildman–Crippen MR) is 98.9 cm³/mol. The number of azo groups is 1. The summed E-state index contributed by atoms with van der Waals surface area (Å²) in [4.78, 5) is 14.7. The Kier molecular flexibility index (Phi) is 5.08. The molecule has 0 aliphatic rings. The van der Waals surface area contributed by atoms with Crippen molar-refractivity contribution >= 4 is 28.2 Å². The highest BCUT2D eigenvalue weighted by Crippen LogP contribution is 2.37. The molecule has 3 N–H and O–H groups in total. The quantitative estimate of drug-likeness (QED) is 0.533. The molecule has 28 heavy (non-hydrogen) atoms. The highest BCUT2D eigenvalue weighted by atomic mass is 19.4. The van der Waals surface area contributed by atoms with Crippen LogP contribution in [0.3, 0.4) is 0 Å². The summed E-state index contributed by atoms with van der Waals surface area (Å²) in [6.07, 6.45) is -4.47. The molecule has 0 aliphatic heterocycles. The van der Waals surface area contributed by atoms with E-state index in [9.17, 15) is 23.1 Å². The van der Waals surface area contributed by atoms with Gasteiger partial charge in [0.05, 0.1) is 17.6 Å². The number of halogens is 3. The van der Waals surface area contributed by atoms with E-state index in [1.54, 1.807) is 6.07 Å². The fraction of sp³-hybridized carbons (Fsp3) is 0.211. The lowest BCUT2D eigenvalue weighted by molar-refractivity contribution is -0.137. The van der Waals surface area contributed by atoms with Gasteiger partial charge >= 0.3 is 6.18 Å². The number of amides is 1. The zero-order chi connectivity index (χ0) is 20.5. The second-order valence-electron chi connectivity index (χ2n) is 6.35. The Hall–Kier alpha value is -3.36. The first-order chi connectivity index (χ1) is 13.1. The number of hydrogen-bond acceptors (Lipinski definition) is 4. The van der Waals surface area contributed by atoms with E-state index in [2.05, 4.69) is 20.5 Å². The fourth-order valence-electron chi connectivity index (χ4n) is 2.85. The van der Waals surface area contributed by atoms with Gasteiger partial charge in [-0.2, -0.15) is 13.2 Å². The van der Waals surface area contributed by atoms with Gasteiger partial charge in [0.15, 0.2) is 5.69 Å². The van der Waals surface area contributed by atoms with Crippen molar-refractivity contribution in [3.63, 3.8) is 0 Å². The van der Waals surface area contributed by atoms with Gasteiger partial charge < -0.3 is 15.4 Å². The largest absolute Gasteiger partial charge is 0.493 e. The van der Waals surface area contributed by atoms with Crippen LogP contribution in [0.25, 0.3) is 10.9 Å². The third-order valence-corrected chi connectivity index (χ3v) is 4.10. The maximum atomic E-state index is 12.7. The zero-order valence-corrected chi connectivity index (χ0v) is 15.1. The molecule has 9 heteroatoms. The predicted octanol–water partition coefficient (Wildman–Crippen LogP) is 5.23. The number of rotatable bonds is 4. The lowest BCUT2D eigenvalue weighted by atomic mass is 10.1. The van der Waals surface area contributed by atoms with Crippen molar-refractivity contribution in [2.45, 2.75) is 20.0 Å². The average Bonchev–Trinajstić information content (AvgIpc) is 2.93. The Morgan fingerprint density at radius 2 is 1.96 bits per heavy atom. The minimum atomic E-state index is -4.47. The Bertz CT molecular complexity index is 1070. The first kappa shape index (κ1) is 19.4. The number of alkyl halides is 3. The summed E-state index contributed by atoms with van der Waals surface area (Å²) in [5.41, 5.74) is 2.00. The monoisotopic (exact) mass is 390 g/mol. The van der Waals surface area contributed by atoms with Gasteiger partial charge in [0, 0.05) is 11.1 Å². The third-order valence-electron chi connectivity index (χ3n) is 4.10. The molecule has 0 fully saturated rings. The summed E-state index contributed by atoms with van der Waals surface area (Å²) in [5.74, 6) is -0.915. The number of nitrogens with zero attached hydrogens (tertiary/aromatic N) is 2. The number of aromatic nitrogens is 1. The van der Waals surface area contributed by atoms with E-state index in [1.165, 1.54) is 12.1 Å². The van der Waals surface area contributed by atoms with Crippen LogP contribution in [0.2, 0.25) is 0 Å². The number of anilines is 1. The standard InChI is InChI=1S/C19H17F3N4O2/c1-10-6-11(2)16-14(7-10)17(18(28)24-16)26-25-15(27)9-23-13-5-3-4-12(8-13)19(20,21)22/h3-8,23-24,28H,9H2,1-2H3. The Balaban J connectivity index is 1.73. The molecule has 1 aromatic heterocycles. The van der Waals surface area contributed by atoms with Crippen molar-refractivity contribution < 1.29 is 23.1 Å². The van der Waals surface area contributed by atoms with Crippen LogP contribution in [-0.4, -0.2) is 22.5 Å². The second kappa shape index (κ2) is 7.34. The van der Waals surface area contributed by atoms with Crippen LogP contribution in [-0.2, 0) is 11.0 Å². The highest BCUT2D eigenvalue weighted by molar-refractivity contribution is 5.96. The van der Waals surface area contributed by atoms with Gasteiger partial charge in [-0.3, -0.25) is 4.79 Å². The summed E-state index contributed by atoms with van der Waals surface area (Å²) in [6.45, 7) is 3.42. The first-order valence-electron chi connectivity index (χ1n) is 8.33. The number of fused-ring (bicyclic) bond motifs is 1. The molecule has 3 aromatic rings. The molecule has 3 rings (SSSR count). The van der Waals surface area contributed by atoms with E-state index in [0.29, 0.717) is 10.9 Å². The van der Waals surface area contributed by atoms with Gasteiger partial charge in [-0.1, -0.05) is 17.7 Å². The average molecular weight is 390 g/mol. The van der Waals surface area contributed by atoms with Gasteiger partial charge in [-0.25, -0.2) is 0 Å². The van der Waals surface area contributed by atoms with Crippen molar-refractivity contribution in [1.82, 2.24) is 4.98 Å². The van der Waals surface area contributed by atoms with Crippen LogP contribution >= 0.6 is 0 Å². The summed E-state index contributed by atoms with van der Waals surface area (Å²) in [5, 5.41) is 20.6. The van der Waals surface area contributed by atoms with Gasteiger partial charge in [-0.05, 0) is 43.7 Å². The minimum absolute atomic E-state index is 0.134. The van der Waals surface area contributed by atoms with Gasteiger partial charge in [0.1, 0.15) is 0 Å². The van der Waals surface area contributed by atoms with Crippen LogP contribution in [0, 0.1) is 13.8 Å². The molecule has 0 saturated heterocycles. The number of H-pyrrole nitrogens is 1. The summed E-state index contributed by atoms with van der Waals surface area (Å²) < 4.78 is 38.1. The van der Waals surface area contributed by atoms with E-state index in [0.717, 1.165) is 23.3 Å². The van der Waals surface area contributed by atoms with E-state index in [4.69, 9.17) is 0 Å². The van der Waals surface area contributed by atoms with E-state index >= 15 is 0 Å². The fourth-order valence-corrected chi connectivity index (χ4v) is 2.85. The zero-order valence-electron chi connectivity index (χ0n) is 15.1. The Morgan fingerprint density at radius 1 is 1.21 bits per heavy atom. The van der Waals surface area contributed by atoms with Crippen molar-refractivity contribution in [3.05, 3.63) is 53.1 Å². The van der Waals surface area contributed by atoms with Gasteiger partial charge in [0.25, 0.3) is 5.91 Å². The number of benzene rings is 2. The molecule has 2 aromatic carbocycles. The second-order valence-corrected chi connectivity index (χ2v) is 6.35. The SMILES string of the molecule is Cc1cc(C)c2[nH]c(O)c(N=NC(=O)CNc3cccc(C(F)(F)F)c3)c2c1. The van der Waals surface area contributed by atoms with E-state index in [-0.39, 0.29) is 23.8 Å². The molecule has 6 nitrogen and oxygen atoms in total. The van der Waals surface area contributed by atoms with Crippen LogP contribution < -0.4 is 5.32 Å². The van der Waals surface area contributed by atoms with Crippen LogP contribution in [0.4, 0.5) is 24.5 Å². The lowest BCUT2D eigenvalue weighted by Gasteiger charge is -2.09. The third kappa shape index (κ3) is 4.13. The molecule has 0 saturated carbocycles. The minimum Gasteiger partial charge on any atom is -0.493 e. The molecule has 0 bridgehead atoms. The molecule has 1 amide bonds. The van der Waals surface area contributed by atoms with Crippen molar-refractivity contribution in [3.8, 4) is 5.88 Å². The highest BCUT2D eigenvalue weighted by Gasteiger charge is 2.30. The molecule has 0 unspecified atom stereocenters. The summed E-state index contributed by atoms with van der Waals surface area (Å²) in [6, 6.07) is 8.24. The molecular weight excluding hydrogens is 373 g/mol. The number of carbonyl (C=O) groups is 1. The normalized spacial score (nSPS) is 12.0.